The molecule has 2 aromatic heterocycles. The van der Waals surface area contributed by atoms with E-state index < -0.39 is 5.41 Å². The highest BCUT2D eigenvalue weighted by molar-refractivity contribution is 6.09. The third-order valence-electron chi connectivity index (χ3n) is 8.67. The minimum atomic E-state index is -0.500. The van der Waals surface area contributed by atoms with E-state index in [0.29, 0.717) is 0 Å². The first-order chi connectivity index (χ1) is 17.7. The van der Waals surface area contributed by atoms with Crippen LogP contribution in [0.25, 0.3) is 43.9 Å². The minimum Gasteiger partial charge on any atom is -0.456 e. The second-order valence-corrected chi connectivity index (χ2v) is 10.2. The molecule has 2 aliphatic rings. The van der Waals surface area contributed by atoms with Gasteiger partial charge in [0.25, 0.3) is 0 Å². The quantitative estimate of drug-likeness (QED) is 0.244. The van der Waals surface area contributed by atoms with Crippen molar-refractivity contribution in [3.8, 4) is 0 Å². The van der Waals surface area contributed by atoms with Crippen LogP contribution in [0.3, 0.4) is 0 Å². The molecule has 2 heterocycles. The monoisotopic (exact) mass is 464 g/mol. The molecule has 2 nitrogen and oxygen atoms in total. The summed E-state index contributed by atoms with van der Waals surface area (Å²) < 4.78 is 13.3. The average molecular weight is 465 g/mol. The molecule has 0 aliphatic heterocycles. The molecule has 0 radical (unpaired) electrons. The highest BCUT2D eigenvalue weighted by Crippen LogP contribution is 2.70. The van der Waals surface area contributed by atoms with E-state index in [1.165, 1.54) is 22.3 Å². The highest BCUT2D eigenvalue weighted by Gasteiger charge is 2.64. The lowest BCUT2D eigenvalue weighted by Crippen LogP contribution is -2.38. The van der Waals surface area contributed by atoms with Crippen molar-refractivity contribution in [3.63, 3.8) is 0 Å². The third-order valence-corrected chi connectivity index (χ3v) is 8.67. The summed E-state index contributed by atoms with van der Waals surface area (Å²) in [5.74, 6) is 0. The Morgan fingerprint density at radius 3 is 1.69 bits per heavy atom. The molecule has 2 aliphatic carbocycles. The van der Waals surface area contributed by atoms with Crippen LogP contribution in [0.1, 0.15) is 24.5 Å². The van der Waals surface area contributed by atoms with Gasteiger partial charge in [-0.2, -0.15) is 0 Å². The van der Waals surface area contributed by atoms with Gasteiger partial charge in [-0.15, -0.1) is 0 Å². The summed E-state index contributed by atoms with van der Waals surface area (Å²) in [7, 11) is 0. The molecule has 0 fully saturated rings. The van der Waals surface area contributed by atoms with Gasteiger partial charge in [-0.3, -0.25) is 0 Å². The van der Waals surface area contributed by atoms with Crippen LogP contribution in [0.15, 0.2) is 130 Å². The van der Waals surface area contributed by atoms with Gasteiger partial charge >= 0.3 is 0 Å². The third kappa shape index (κ3) is 2.19. The van der Waals surface area contributed by atoms with Crippen molar-refractivity contribution in [2.24, 2.45) is 5.41 Å². The van der Waals surface area contributed by atoms with E-state index in [2.05, 4.69) is 98.5 Å². The Labute approximate surface area is 208 Å². The topological polar surface area (TPSA) is 26.3 Å². The van der Waals surface area contributed by atoms with E-state index in [9.17, 15) is 0 Å². The first kappa shape index (κ1) is 19.9. The molecule has 0 bridgehead atoms. The lowest BCUT2D eigenvalue weighted by atomic mass is 9.59. The van der Waals surface area contributed by atoms with E-state index in [-0.39, 0.29) is 5.41 Å². The molecule has 8 rings (SSSR count). The summed E-state index contributed by atoms with van der Waals surface area (Å²) in [6.07, 6.45) is 7.77. The van der Waals surface area contributed by atoms with Crippen LogP contribution in [-0.4, -0.2) is 0 Å². The number of furan rings is 2. The number of benzene rings is 4. The van der Waals surface area contributed by atoms with Crippen molar-refractivity contribution in [1.29, 1.82) is 0 Å². The smallest absolute Gasteiger partial charge is 0.139 e. The van der Waals surface area contributed by atoms with Crippen LogP contribution >= 0.6 is 0 Å². The van der Waals surface area contributed by atoms with Crippen molar-refractivity contribution in [1.82, 2.24) is 0 Å². The van der Waals surface area contributed by atoms with Crippen molar-refractivity contribution in [2.75, 3.05) is 0 Å². The maximum atomic E-state index is 6.65. The van der Waals surface area contributed by atoms with E-state index in [4.69, 9.17) is 8.83 Å². The number of hydrogen-bond donors (Lipinski definition) is 0. The fourth-order valence-electron chi connectivity index (χ4n) is 7.05. The van der Waals surface area contributed by atoms with Crippen LogP contribution in [0.2, 0.25) is 0 Å². The normalized spacial score (nSPS) is 20.5. The van der Waals surface area contributed by atoms with Gasteiger partial charge in [-0.25, -0.2) is 0 Å². The molecule has 0 unspecified atom stereocenters. The van der Waals surface area contributed by atoms with Gasteiger partial charge in [-0.1, -0.05) is 103 Å². The number of rotatable bonds is 3. The molecule has 6 aromatic rings. The summed E-state index contributed by atoms with van der Waals surface area (Å²) in [6.45, 7) is 6.56. The standard InChI is InChI=1S/C34H24O2/c1-3-22-18-19-33(20-21(33)2)34(22,27-14-8-12-25-23-10-4-6-16-29(23)35-31(25)27)28-15-9-13-26-24-11-5-7-17-30(24)36-32(26)28/h3-18,20H,1,19H2,2H3/t33-/m1/s1. The van der Waals surface area contributed by atoms with Gasteiger partial charge < -0.3 is 8.83 Å². The Morgan fingerprint density at radius 1 is 0.694 bits per heavy atom. The van der Waals surface area contributed by atoms with E-state index in [0.717, 1.165) is 50.3 Å². The summed E-state index contributed by atoms with van der Waals surface area (Å²) in [5.41, 5.74) is 8.00. The maximum absolute atomic E-state index is 6.65. The molecular weight excluding hydrogens is 440 g/mol. The first-order valence-corrected chi connectivity index (χ1v) is 12.5. The van der Waals surface area contributed by atoms with Crippen LogP contribution in [0.5, 0.6) is 0 Å². The number of hydrogen-bond acceptors (Lipinski definition) is 2. The SMILES string of the molecule is C=CC1=CC[C@]2(C=C2C)C1(c1cccc2c1oc1ccccc12)c1cccc2c1oc1ccccc12. The molecule has 2 heteroatoms. The average Bonchev–Trinajstić information content (AvgIpc) is 3.23. The van der Waals surface area contributed by atoms with E-state index in [1.54, 1.807) is 0 Å². The Morgan fingerprint density at radius 2 is 1.19 bits per heavy atom. The molecular formula is C34H24O2. The Kier molecular flexibility index (Phi) is 3.70. The maximum Gasteiger partial charge on any atom is 0.139 e. The molecule has 0 saturated carbocycles. The predicted molar refractivity (Wildman–Crippen MR) is 147 cm³/mol. The molecule has 1 atom stereocenters. The molecule has 1 spiro atoms. The van der Waals surface area contributed by atoms with Gasteiger partial charge in [0.05, 0.1) is 5.41 Å². The fraction of sp³-hybridized carbons (Fsp3) is 0.118. The Hall–Kier alpha value is -4.30. The van der Waals surface area contributed by atoms with Gasteiger partial charge in [0.2, 0.25) is 0 Å². The number of fused-ring (bicyclic) bond motifs is 6. The fourth-order valence-corrected chi connectivity index (χ4v) is 7.05. The zero-order valence-corrected chi connectivity index (χ0v) is 20.0. The number of para-hydroxylation sites is 4. The molecule has 0 amide bonds. The lowest BCUT2D eigenvalue weighted by molar-refractivity contribution is 0.406. The predicted octanol–water partition coefficient (Wildman–Crippen LogP) is 9.23. The van der Waals surface area contributed by atoms with Crippen molar-refractivity contribution in [3.05, 3.63) is 132 Å². The Balaban J connectivity index is 1.57. The summed E-state index contributed by atoms with van der Waals surface area (Å²) in [4.78, 5) is 0. The molecule has 0 saturated heterocycles. The summed E-state index contributed by atoms with van der Waals surface area (Å²) in [6, 6.07) is 29.8. The first-order valence-electron chi connectivity index (χ1n) is 12.5. The highest BCUT2D eigenvalue weighted by atomic mass is 16.3. The van der Waals surface area contributed by atoms with Crippen molar-refractivity contribution < 1.29 is 8.83 Å². The second-order valence-electron chi connectivity index (χ2n) is 10.2. The molecule has 172 valence electrons. The minimum absolute atomic E-state index is 0.142. The van der Waals surface area contributed by atoms with Gasteiger partial charge in [0.1, 0.15) is 22.3 Å². The van der Waals surface area contributed by atoms with Crippen LogP contribution < -0.4 is 0 Å². The Bertz CT molecular complexity index is 1840. The van der Waals surface area contributed by atoms with Crippen molar-refractivity contribution >= 4 is 43.9 Å². The zero-order valence-electron chi connectivity index (χ0n) is 20.0. The lowest BCUT2D eigenvalue weighted by Gasteiger charge is -2.40. The number of allylic oxidation sites excluding steroid dienone is 5. The van der Waals surface area contributed by atoms with Crippen molar-refractivity contribution in [2.45, 2.75) is 18.8 Å². The van der Waals surface area contributed by atoms with Gasteiger partial charge in [0.15, 0.2) is 0 Å². The second kappa shape index (κ2) is 6.67. The summed E-state index contributed by atoms with van der Waals surface area (Å²) in [5, 5.41) is 4.57. The van der Waals surface area contributed by atoms with E-state index >= 15 is 0 Å². The largest absolute Gasteiger partial charge is 0.456 e. The van der Waals surface area contributed by atoms with Crippen LogP contribution in [-0.2, 0) is 5.41 Å². The van der Waals surface area contributed by atoms with Gasteiger partial charge in [0, 0.05) is 38.1 Å². The van der Waals surface area contributed by atoms with Crippen LogP contribution in [0, 0.1) is 5.41 Å². The summed E-state index contributed by atoms with van der Waals surface area (Å²) >= 11 is 0. The molecule has 0 N–H and O–H groups in total. The van der Waals surface area contributed by atoms with Gasteiger partial charge in [-0.05, 0) is 31.1 Å². The molecule has 36 heavy (non-hydrogen) atoms. The van der Waals surface area contributed by atoms with E-state index in [1.807, 2.05) is 18.2 Å². The zero-order chi connectivity index (χ0) is 24.1. The van der Waals surface area contributed by atoms with Crippen LogP contribution in [0.4, 0.5) is 0 Å². The molecule has 4 aromatic carbocycles.